The van der Waals surface area contributed by atoms with E-state index in [4.69, 9.17) is 4.43 Å². The molecule has 2 heteroatoms. The second kappa shape index (κ2) is 13.5. The highest BCUT2D eigenvalue weighted by atomic mass is 28.2. The molecule has 0 aromatic heterocycles. The third-order valence-corrected chi connectivity index (χ3v) is 5.77. The maximum atomic E-state index is 6.01. The summed E-state index contributed by atoms with van der Waals surface area (Å²) in [5.74, 6) is 0. The summed E-state index contributed by atoms with van der Waals surface area (Å²) in [5.41, 5.74) is 2.98. The van der Waals surface area contributed by atoms with Crippen LogP contribution in [0.2, 0.25) is 0 Å². The number of hydrogen-bond donors (Lipinski definition) is 0. The normalized spacial score (nSPS) is 11.5. The summed E-state index contributed by atoms with van der Waals surface area (Å²) in [6.45, 7) is 2.98. The maximum absolute atomic E-state index is 6.01. The van der Waals surface area contributed by atoms with E-state index in [1.807, 2.05) is 0 Å². The average molecular weight is 365 g/mol. The number of hydrogen-bond acceptors (Lipinski definition) is 1. The van der Waals surface area contributed by atoms with Gasteiger partial charge in [0.25, 0.3) is 0 Å². The third kappa shape index (κ3) is 8.16. The van der Waals surface area contributed by atoms with Crippen molar-refractivity contribution in [1.29, 1.82) is 0 Å². The first-order chi connectivity index (χ1) is 12.9. The second-order valence-electron chi connectivity index (χ2n) is 6.71. The Bertz CT molecular complexity index is 555. The van der Waals surface area contributed by atoms with E-state index >= 15 is 0 Å². The summed E-state index contributed by atoms with van der Waals surface area (Å²) >= 11 is 0. The van der Waals surface area contributed by atoms with Crippen LogP contribution in [-0.2, 0) is 4.43 Å². The predicted molar refractivity (Wildman–Crippen MR) is 114 cm³/mol. The Morgan fingerprint density at radius 2 is 1.35 bits per heavy atom. The van der Waals surface area contributed by atoms with Crippen molar-refractivity contribution in [2.75, 3.05) is 6.61 Å². The van der Waals surface area contributed by atoms with Crippen LogP contribution in [0.3, 0.4) is 0 Å². The molecule has 2 radical (unpaired) electrons. The first-order valence-electron chi connectivity index (χ1n) is 10.0. The molecule has 0 unspecified atom stereocenters. The highest BCUT2D eigenvalue weighted by Crippen LogP contribution is 2.23. The molecule has 0 atom stereocenters. The smallest absolute Gasteiger partial charge is 0.243 e. The molecule has 138 valence electrons. The molecule has 0 heterocycles. The van der Waals surface area contributed by atoms with Crippen LogP contribution in [0.5, 0.6) is 0 Å². The van der Waals surface area contributed by atoms with Crippen molar-refractivity contribution in [1.82, 2.24) is 0 Å². The topological polar surface area (TPSA) is 9.23 Å². The van der Waals surface area contributed by atoms with Gasteiger partial charge in [0.15, 0.2) is 0 Å². The summed E-state index contributed by atoms with van der Waals surface area (Å²) in [6.07, 6.45) is 13.8. The highest BCUT2D eigenvalue weighted by molar-refractivity contribution is 6.31. The van der Waals surface area contributed by atoms with Gasteiger partial charge in [0.2, 0.25) is 9.76 Å². The molecule has 0 aliphatic heterocycles. The van der Waals surface area contributed by atoms with Crippen LogP contribution in [0.15, 0.2) is 72.8 Å². The molecule has 0 bridgehead atoms. The molecule has 0 fully saturated rings. The minimum Gasteiger partial charge on any atom is -0.413 e. The highest BCUT2D eigenvalue weighted by Gasteiger charge is 2.15. The summed E-state index contributed by atoms with van der Waals surface area (Å²) < 4.78 is 6.01. The van der Waals surface area contributed by atoms with Gasteiger partial charge in [-0.25, -0.2) is 0 Å². The molecule has 0 N–H and O–H groups in total. The Morgan fingerprint density at radius 1 is 0.769 bits per heavy atom. The molecule has 2 aromatic rings. The van der Waals surface area contributed by atoms with Gasteiger partial charge in [-0.05, 0) is 24.0 Å². The van der Waals surface area contributed by atoms with E-state index < -0.39 is 0 Å². The molecule has 0 aliphatic carbocycles. The first-order valence-corrected chi connectivity index (χ1v) is 11.0. The van der Waals surface area contributed by atoms with Crippen molar-refractivity contribution in [2.24, 2.45) is 0 Å². The molecule has 0 amide bonds. The van der Waals surface area contributed by atoms with Gasteiger partial charge in [0, 0.05) is 5.54 Å². The van der Waals surface area contributed by atoms with E-state index in [2.05, 4.69) is 79.7 Å². The van der Waals surface area contributed by atoms with E-state index in [1.165, 1.54) is 56.1 Å². The number of allylic oxidation sites excluding steroid dienone is 1. The standard InChI is InChI=1S/C24H32OSi/c1-2-3-4-5-6-7-8-9-16-21-25-26-24(22-17-12-10-13-18-22)23-19-14-11-15-20-23/h9-20,24H,2-8,21H2,1H3/b16-9+. The van der Waals surface area contributed by atoms with Crippen LogP contribution >= 0.6 is 0 Å². The monoisotopic (exact) mass is 364 g/mol. The van der Waals surface area contributed by atoms with Gasteiger partial charge in [0.1, 0.15) is 0 Å². The number of rotatable bonds is 13. The van der Waals surface area contributed by atoms with Crippen molar-refractivity contribution in [2.45, 2.75) is 57.4 Å². The van der Waals surface area contributed by atoms with E-state index in [1.54, 1.807) is 0 Å². The maximum Gasteiger partial charge on any atom is 0.243 e. The zero-order chi connectivity index (χ0) is 18.3. The molecule has 0 saturated carbocycles. The zero-order valence-electron chi connectivity index (χ0n) is 16.1. The fourth-order valence-corrected chi connectivity index (χ4v) is 4.04. The van der Waals surface area contributed by atoms with Crippen LogP contribution in [0.4, 0.5) is 0 Å². The SMILES string of the molecule is CCCCCCCC/C=C/CO[Si]C(c1ccccc1)c1ccccc1. The fourth-order valence-electron chi connectivity index (χ4n) is 3.03. The van der Waals surface area contributed by atoms with Crippen LogP contribution in [0.1, 0.15) is 68.5 Å². The van der Waals surface area contributed by atoms with Crippen molar-refractivity contribution in [3.05, 3.63) is 83.9 Å². The van der Waals surface area contributed by atoms with Crippen LogP contribution in [0, 0.1) is 0 Å². The van der Waals surface area contributed by atoms with Crippen molar-refractivity contribution in [3.63, 3.8) is 0 Å². The summed E-state index contributed by atoms with van der Waals surface area (Å²) in [5, 5.41) is 0. The molecule has 26 heavy (non-hydrogen) atoms. The lowest BCUT2D eigenvalue weighted by atomic mass is 10.0. The lowest BCUT2D eigenvalue weighted by molar-refractivity contribution is 0.380. The van der Waals surface area contributed by atoms with Gasteiger partial charge >= 0.3 is 0 Å². The van der Waals surface area contributed by atoms with E-state index in [-0.39, 0.29) is 0 Å². The van der Waals surface area contributed by atoms with Crippen molar-refractivity contribution >= 4 is 9.76 Å². The predicted octanol–water partition coefficient (Wildman–Crippen LogP) is 6.72. The minimum atomic E-state index is 0.323. The van der Waals surface area contributed by atoms with Gasteiger partial charge in [-0.3, -0.25) is 0 Å². The van der Waals surface area contributed by atoms with Crippen molar-refractivity contribution in [3.8, 4) is 0 Å². The first kappa shape index (κ1) is 20.7. The van der Waals surface area contributed by atoms with Crippen LogP contribution in [-0.4, -0.2) is 16.4 Å². The van der Waals surface area contributed by atoms with E-state index in [0.29, 0.717) is 21.9 Å². The quantitative estimate of drug-likeness (QED) is 0.218. The largest absolute Gasteiger partial charge is 0.413 e. The van der Waals surface area contributed by atoms with Crippen molar-refractivity contribution < 1.29 is 4.43 Å². The Hall–Kier alpha value is -1.64. The fraction of sp³-hybridized carbons (Fsp3) is 0.417. The molecule has 1 nitrogen and oxygen atoms in total. The second-order valence-corrected chi connectivity index (χ2v) is 7.81. The molecular formula is C24H32OSi. The summed E-state index contributed by atoms with van der Waals surface area (Å²) in [4.78, 5) is 0. The molecule has 2 aromatic carbocycles. The Kier molecular flexibility index (Phi) is 10.8. The van der Waals surface area contributed by atoms with Crippen LogP contribution < -0.4 is 0 Å². The van der Waals surface area contributed by atoms with E-state index in [9.17, 15) is 0 Å². The van der Waals surface area contributed by atoms with E-state index in [0.717, 1.165) is 0 Å². The Balaban J connectivity index is 1.70. The Morgan fingerprint density at radius 3 is 1.96 bits per heavy atom. The average Bonchev–Trinajstić information content (AvgIpc) is 2.70. The molecule has 0 spiro atoms. The molecule has 0 aliphatic rings. The molecule has 0 saturated heterocycles. The Labute approximate surface area is 162 Å². The third-order valence-electron chi connectivity index (χ3n) is 4.54. The summed E-state index contributed by atoms with van der Waals surface area (Å²) in [7, 11) is 0.439. The van der Waals surface area contributed by atoms with Gasteiger partial charge in [-0.2, -0.15) is 0 Å². The summed E-state index contributed by atoms with van der Waals surface area (Å²) in [6, 6.07) is 21.4. The van der Waals surface area contributed by atoms with Gasteiger partial charge in [0.05, 0.1) is 6.61 Å². The van der Waals surface area contributed by atoms with Gasteiger partial charge in [-0.15, -0.1) is 0 Å². The van der Waals surface area contributed by atoms with Gasteiger partial charge in [-0.1, -0.05) is 112 Å². The molecular weight excluding hydrogens is 332 g/mol. The lowest BCUT2D eigenvalue weighted by Gasteiger charge is -2.16. The number of unbranched alkanes of at least 4 members (excludes halogenated alkanes) is 6. The number of benzene rings is 2. The van der Waals surface area contributed by atoms with Gasteiger partial charge < -0.3 is 4.43 Å². The lowest BCUT2D eigenvalue weighted by Crippen LogP contribution is -2.13. The minimum absolute atomic E-state index is 0.323. The van der Waals surface area contributed by atoms with Crippen LogP contribution in [0.25, 0.3) is 0 Å². The zero-order valence-corrected chi connectivity index (χ0v) is 17.1. The molecule has 2 rings (SSSR count).